The van der Waals surface area contributed by atoms with E-state index in [1.807, 2.05) is 17.9 Å². The van der Waals surface area contributed by atoms with Crippen LogP contribution < -0.4 is 0 Å². The third-order valence-electron chi connectivity index (χ3n) is 6.52. The first-order valence-electron chi connectivity index (χ1n) is 10.8. The highest BCUT2D eigenvalue weighted by atomic mass is 19.4. The van der Waals surface area contributed by atoms with Crippen molar-refractivity contribution in [3.05, 3.63) is 65.8 Å². The van der Waals surface area contributed by atoms with Crippen LogP contribution in [0.15, 0.2) is 43.1 Å². The average molecular weight is 454 g/mol. The number of aromatic nitrogens is 5. The fourth-order valence-electron chi connectivity index (χ4n) is 5.08. The first-order chi connectivity index (χ1) is 15.8. The van der Waals surface area contributed by atoms with E-state index < -0.39 is 11.9 Å². The lowest BCUT2D eigenvalue weighted by Crippen LogP contribution is -2.37. The van der Waals surface area contributed by atoms with Crippen molar-refractivity contribution in [1.82, 2.24) is 29.8 Å². The first kappa shape index (κ1) is 21.4. The number of rotatable bonds is 4. The van der Waals surface area contributed by atoms with Gasteiger partial charge in [0.15, 0.2) is 11.5 Å². The van der Waals surface area contributed by atoms with Gasteiger partial charge in [-0.25, -0.2) is 15.0 Å². The van der Waals surface area contributed by atoms with Crippen LogP contribution in [0.5, 0.6) is 0 Å². The van der Waals surface area contributed by atoms with Crippen molar-refractivity contribution in [2.75, 3.05) is 0 Å². The number of hydrogen-bond acceptors (Lipinski definition) is 6. The van der Waals surface area contributed by atoms with Gasteiger partial charge in [0.2, 0.25) is 0 Å². The summed E-state index contributed by atoms with van der Waals surface area (Å²) in [5.74, 6) is 0.407. The summed E-state index contributed by atoms with van der Waals surface area (Å²) in [5.41, 5.74) is 1.31. The Bertz CT molecular complexity index is 1170. The topological polar surface area (TPSA) is 84.8 Å². The molecular weight excluding hydrogens is 433 g/mol. The molecule has 3 unspecified atom stereocenters. The Balaban J connectivity index is 1.39. The molecule has 2 bridgehead atoms. The van der Waals surface area contributed by atoms with E-state index in [0.29, 0.717) is 29.2 Å². The van der Waals surface area contributed by atoms with Gasteiger partial charge < -0.3 is 4.90 Å². The van der Waals surface area contributed by atoms with Gasteiger partial charge in [0.05, 0.1) is 17.5 Å². The molecule has 0 saturated carbocycles. The number of amides is 1. The summed E-state index contributed by atoms with van der Waals surface area (Å²) in [4.78, 5) is 36.1. The maximum absolute atomic E-state index is 13.7. The molecule has 170 valence electrons. The Morgan fingerprint density at radius 2 is 1.85 bits per heavy atom. The van der Waals surface area contributed by atoms with E-state index in [-0.39, 0.29) is 23.9 Å². The van der Waals surface area contributed by atoms with Crippen LogP contribution in [0.4, 0.5) is 13.2 Å². The number of carbonyl (C=O) groups is 1. The predicted octanol–water partition coefficient (Wildman–Crippen LogP) is 3.89. The smallest absolute Gasteiger partial charge is 0.331 e. The summed E-state index contributed by atoms with van der Waals surface area (Å²) in [6.45, 7) is 1.90. The van der Waals surface area contributed by atoms with E-state index in [4.69, 9.17) is 0 Å². The van der Waals surface area contributed by atoms with Gasteiger partial charge >= 0.3 is 6.18 Å². The van der Waals surface area contributed by atoms with Crippen molar-refractivity contribution in [2.24, 2.45) is 5.92 Å². The molecule has 0 aliphatic carbocycles. The van der Waals surface area contributed by atoms with E-state index in [1.54, 1.807) is 24.7 Å². The van der Waals surface area contributed by atoms with Crippen LogP contribution in [0.25, 0.3) is 11.4 Å². The van der Waals surface area contributed by atoms with E-state index in [1.165, 1.54) is 6.20 Å². The number of pyridine rings is 1. The minimum atomic E-state index is -4.51. The maximum Gasteiger partial charge on any atom is 0.434 e. The van der Waals surface area contributed by atoms with Gasteiger partial charge in [-0.05, 0) is 56.2 Å². The van der Waals surface area contributed by atoms with Crippen LogP contribution in [0.3, 0.4) is 0 Å². The SMILES string of the molecule is Cc1ccnc(C(=O)N2C3CCC2C(Cc2cnc(C(F)(F)F)cn2)C3)c1-c1ncccn1. The standard InChI is InChI=1S/C23H21F3N6O/c1-13-5-8-27-20(19(13)21-28-6-2-7-29-21)22(33)32-16-3-4-17(32)14(10-16)9-15-11-31-18(12-30-15)23(24,25)26/h2,5-8,11-12,14,16-17H,3-4,9-10H2,1H3. The summed E-state index contributed by atoms with van der Waals surface area (Å²) < 4.78 is 38.3. The molecule has 3 atom stereocenters. The number of carbonyl (C=O) groups excluding carboxylic acids is 1. The van der Waals surface area contributed by atoms with Gasteiger partial charge in [0.25, 0.3) is 5.91 Å². The fourth-order valence-corrected chi connectivity index (χ4v) is 5.08. The van der Waals surface area contributed by atoms with Crippen molar-refractivity contribution in [3.63, 3.8) is 0 Å². The second kappa shape index (κ2) is 8.17. The van der Waals surface area contributed by atoms with Crippen molar-refractivity contribution in [3.8, 4) is 11.4 Å². The minimum absolute atomic E-state index is 0.0153. The molecule has 0 radical (unpaired) electrons. The molecular formula is C23H21F3N6O. The van der Waals surface area contributed by atoms with E-state index in [9.17, 15) is 18.0 Å². The quantitative estimate of drug-likeness (QED) is 0.595. The number of alkyl halides is 3. The second-order valence-corrected chi connectivity index (χ2v) is 8.53. The molecule has 0 N–H and O–H groups in total. The number of hydrogen-bond donors (Lipinski definition) is 0. The minimum Gasteiger partial charge on any atom is -0.331 e. The first-order valence-corrected chi connectivity index (χ1v) is 10.8. The molecule has 2 saturated heterocycles. The lowest BCUT2D eigenvalue weighted by atomic mass is 9.86. The number of fused-ring (bicyclic) bond motifs is 2. The molecule has 0 spiro atoms. The van der Waals surface area contributed by atoms with Crippen molar-refractivity contribution >= 4 is 5.91 Å². The summed E-state index contributed by atoms with van der Waals surface area (Å²) in [7, 11) is 0. The summed E-state index contributed by atoms with van der Waals surface area (Å²) in [6, 6.07) is 3.60. The van der Waals surface area contributed by atoms with Crippen LogP contribution in [0.2, 0.25) is 0 Å². The second-order valence-electron chi connectivity index (χ2n) is 8.53. The van der Waals surface area contributed by atoms with Crippen LogP contribution in [-0.2, 0) is 12.6 Å². The zero-order valence-corrected chi connectivity index (χ0v) is 17.8. The fraction of sp³-hybridized carbons (Fsp3) is 0.391. The van der Waals surface area contributed by atoms with Gasteiger partial charge in [-0.1, -0.05) is 0 Å². The molecule has 0 aromatic carbocycles. The molecule has 2 fully saturated rings. The van der Waals surface area contributed by atoms with Crippen molar-refractivity contribution < 1.29 is 18.0 Å². The maximum atomic E-state index is 13.7. The largest absolute Gasteiger partial charge is 0.434 e. The molecule has 1 amide bonds. The third-order valence-corrected chi connectivity index (χ3v) is 6.52. The van der Waals surface area contributed by atoms with Gasteiger partial charge in [0, 0.05) is 36.9 Å². The molecule has 10 heteroatoms. The van der Waals surface area contributed by atoms with Crippen LogP contribution in [0.1, 0.15) is 46.7 Å². The highest BCUT2D eigenvalue weighted by molar-refractivity contribution is 5.99. The predicted molar refractivity (Wildman–Crippen MR) is 112 cm³/mol. The molecule has 3 aromatic heterocycles. The molecule has 2 aliphatic rings. The van der Waals surface area contributed by atoms with Crippen LogP contribution in [-0.4, -0.2) is 47.8 Å². The lowest BCUT2D eigenvalue weighted by molar-refractivity contribution is -0.141. The van der Waals surface area contributed by atoms with Gasteiger partial charge in [-0.2, -0.15) is 13.2 Å². The summed E-state index contributed by atoms with van der Waals surface area (Å²) in [5, 5.41) is 0. The Hall–Kier alpha value is -3.43. The monoisotopic (exact) mass is 454 g/mol. The van der Waals surface area contributed by atoms with Crippen molar-refractivity contribution in [1.29, 1.82) is 0 Å². The van der Waals surface area contributed by atoms with Crippen LogP contribution >= 0.6 is 0 Å². The van der Waals surface area contributed by atoms with Crippen molar-refractivity contribution in [2.45, 2.75) is 50.9 Å². The van der Waals surface area contributed by atoms with E-state index in [2.05, 4.69) is 24.9 Å². The van der Waals surface area contributed by atoms with Gasteiger partial charge in [-0.15, -0.1) is 0 Å². The summed E-state index contributed by atoms with van der Waals surface area (Å²) >= 11 is 0. The summed E-state index contributed by atoms with van der Waals surface area (Å²) in [6.07, 6.45) is 5.32. The Labute approximate surface area is 188 Å². The zero-order valence-electron chi connectivity index (χ0n) is 17.8. The molecule has 7 nitrogen and oxygen atoms in total. The molecule has 5 rings (SSSR count). The highest BCUT2D eigenvalue weighted by Crippen LogP contribution is 2.44. The Kier molecular flexibility index (Phi) is 5.30. The Morgan fingerprint density at radius 3 is 2.55 bits per heavy atom. The van der Waals surface area contributed by atoms with E-state index in [0.717, 1.165) is 31.0 Å². The molecule has 2 aliphatic heterocycles. The molecule has 3 aromatic rings. The Morgan fingerprint density at radius 1 is 1.06 bits per heavy atom. The number of nitrogens with zero attached hydrogens (tertiary/aromatic N) is 6. The van der Waals surface area contributed by atoms with Gasteiger partial charge in [-0.3, -0.25) is 14.8 Å². The lowest BCUT2D eigenvalue weighted by Gasteiger charge is -2.25. The molecule has 5 heterocycles. The zero-order chi connectivity index (χ0) is 23.2. The third kappa shape index (κ3) is 3.94. The number of aryl methyl sites for hydroxylation is 1. The van der Waals surface area contributed by atoms with E-state index >= 15 is 0 Å². The average Bonchev–Trinajstić information content (AvgIpc) is 3.36. The highest BCUT2D eigenvalue weighted by Gasteiger charge is 2.49. The molecule has 33 heavy (non-hydrogen) atoms. The van der Waals surface area contributed by atoms with Crippen LogP contribution in [0, 0.1) is 12.8 Å². The number of halogens is 3. The normalized spacial score (nSPS) is 22.1. The van der Waals surface area contributed by atoms with Gasteiger partial charge in [0.1, 0.15) is 5.69 Å².